The molecular formula is C20H17Cl2N5. The van der Waals surface area contributed by atoms with Gasteiger partial charge in [0.1, 0.15) is 5.52 Å². The predicted octanol–water partition coefficient (Wildman–Crippen LogP) is 5.20. The molecule has 0 atom stereocenters. The van der Waals surface area contributed by atoms with Crippen LogP contribution in [0.25, 0.3) is 21.9 Å². The molecule has 0 amide bonds. The first-order valence-electron chi connectivity index (χ1n) is 8.50. The Balaban J connectivity index is 1.82. The van der Waals surface area contributed by atoms with Crippen LogP contribution in [0.2, 0.25) is 10.0 Å². The van der Waals surface area contributed by atoms with Gasteiger partial charge in [-0.2, -0.15) is 0 Å². The maximum atomic E-state index is 6.11. The summed E-state index contributed by atoms with van der Waals surface area (Å²) in [7, 11) is 0. The number of halogens is 2. The number of fused-ring (bicyclic) bond motifs is 2. The lowest BCUT2D eigenvalue weighted by molar-refractivity contribution is 1.03. The van der Waals surface area contributed by atoms with Gasteiger partial charge < -0.3 is 16.4 Å². The lowest BCUT2D eigenvalue weighted by Gasteiger charge is -2.14. The number of nitrogens with zero attached hydrogens (tertiary/aromatic N) is 2. The molecule has 0 aliphatic heterocycles. The van der Waals surface area contributed by atoms with Crippen LogP contribution in [0.15, 0.2) is 54.7 Å². The number of aromatic nitrogens is 2. The molecule has 0 radical (unpaired) electrons. The van der Waals surface area contributed by atoms with E-state index in [1.807, 2.05) is 36.4 Å². The average Bonchev–Trinajstić information content (AvgIpc) is 2.68. The van der Waals surface area contributed by atoms with Crippen molar-refractivity contribution in [1.29, 1.82) is 0 Å². The minimum Gasteiger partial charge on any atom is -0.381 e. The lowest BCUT2D eigenvalue weighted by Crippen LogP contribution is -2.14. The van der Waals surface area contributed by atoms with E-state index in [-0.39, 0.29) is 0 Å². The van der Waals surface area contributed by atoms with Gasteiger partial charge in [-0.25, -0.2) is 4.98 Å². The molecule has 2 aromatic carbocycles. The molecule has 2 heterocycles. The van der Waals surface area contributed by atoms with Gasteiger partial charge in [-0.3, -0.25) is 4.98 Å². The Morgan fingerprint density at radius 3 is 2.56 bits per heavy atom. The summed E-state index contributed by atoms with van der Waals surface area (Å²) in [4.78, 5) is 9.22. The van der Waals surface area contributed by atoms with E-state index in [1.54, 1.807) is 18.3 Å². The van der Waals surface area contributed by atoms with E-state index in [1.165, 1.54) is 0 Å². The normalized spacial score (nSPS) is 11.1. The van der Waals surface area contributed by atoms with Crippen molar-refractivity contribution >= 4 is 62.2 Å². The maximum absolute atomic E-state index is 6.11. The molecule has 4 aromatic rings. The zero-order valence-corrected chi connectivity index (χ0v) is 15.8. The van der Waals surface area contributed by atoms with Crippen LogP contribution >= 0.6 is 23.2 Å². The topological polar surface area (TPSA) is 75.9 Å². The number of nitrogens with two attached hydrogens (primary N) is 1. The van der Waals surface area contributed by atoms with Crippen LogP contribution in [-0.2, 0) is 0 Å². The standard InChI is InChI=1S/C20H17Cl2N5/c21-15-5-3-13(11-16(15)22)26-12-4-6-17-14(10-12)19(25-9-7-23)20-18(27-17)2-1-8-24-20/h1-6,8,10-11,26H,7,9,23H2,(H,25,27). The van der Waals surface area contributed by atoms with Gasteiger partial charge in [-0.15, -0.1) is 0 Å². The van der Waals surface area contributed by atoms with Crippen LogP contribution in [0.4, 0.5) is 17.1 Å². The summed E-state index contributed by atoms with van der Waals surface area (Å²) in [6, 6.07) is 15.3. The molecule has 0 unspecified atom stereocenters. The number of nitrogens with one attached hydrogen (secondary N) is 2. The van der Waals surface area contributed by atoms with Crippen LogP contribution in [0.3, 0.4) is 0 Å². The molecule has 0 saturated carbocycles. The minimum absolute atomic E-state index is 0.504. The Labute approximate surface area is 166 Å². The van der Waals surface area contributed by atoms with Crippen LogP contribution in [-0.4, -0.2) is 23.1 Å². The van der Waals surface area contributed by atoms with Gasteiger partial charge in [-0.05, 0) is 48.5 Å². The van der Waals surface area contributed by atoms with E-state index >= 15 is 0 Å². The van der Waals surface area contributed by atoms with Crippen molar-refractivity contribution in [3.05, 3.63) is 64.8 Å². The number of anilines is 3. The summed E-state index contributed by atoms with van der Waals surface area (Å²) in [6.45, 7) is 1.18. The van der Waals surface area contributed by atoms with E-state index in [0.717, 1.165) is 39.0 Å². The molecule has 2 aromatic heterocycles. The zero-order valence-electron chi connectivity index (χ0n) is 14.3. The first-order chi connectivity index (χ1) is 13.2. The van der Waals surface area contributed by atoms with Crippen molar-refractivity contribution in [2.45, 2.75) is 0 Å². The third-order valence-corrected chi connectivity index (χ3v) is 4.92. The highest BCUT2D eigenvalue weighted by atomic mass is 35.5. The molecule has 4 rings (SSSR count). The first-order valence-corrected chi connectivity index (χ1v) is 9.26. The second-order valence-corrected chi connectivity index (χ2v) is 6.87. The molecule has 0 fully saturated rings. The van der Waals surface area contributed by atoms with Gasteiger partial charge in [0.25, 0.3) is 0 Å². The molecule has 0 spiro atoms. The summed E-state index contributed by atoms with van der Waals surface area (Å²) >= 11 is 12.1. The van der Waals surface area contributed by atoms with Crippen LogP contribution in [0.5, 0.6) is 0 Å². The highest BCUT2D eigenvalue weighted by molar-refractivity contribution is 6.42. The largest absolute Gasteiger partial charge is 0.381 e. The van der Waals surface area contributed by atoms with Crippen molar-refractivity contribution in [2.75, 3.05) is 23.7 Å². The van der Waals surface area contributed by atoms with Crippen molar-refractivity contribution in [2.24, 2.45) is 5.73 Å². The van der Waals surface area contributed by atoms with E-state index in [9.17, 15) is 0 Å². The van der Waals surface area contributed by atoms with Crippen molar-refractivity contribution < 1.29 is 0 Å². The second-order valence-electron chi connectivity index (χ2n) is 6.06. The number of benzene rings is 2. The number of pyridine rings is 2. The van der Waals surface area contributed by atoms with E-state index in [0.29, 0.717) is 23.1 Å². The van der Waals surface area contributed by atoms with E-state index in [2.05, 4.69) is 15.6 Å². The van der Waals surface area contributed by atoms with Crippen molar-refractivity contribution in [3.8, 4) is 0 Å². The van der Waals surface area contributed by atoms with Gasteiger partial charge >= 0.3 is 0 Å². The lowest BCUT2D eigenvalue weighted by atomic mass is 10.1. The summed E-state index contributed by atoms with van der Waals surface area (Å²) < 4.78 is 0. The molecule has 4 N–H and O–H groups in total. The monoisotopic (exact) mass is 397 g/mol. The van der Waals surface area contributed by atoms with Gasteiger partial charge in [0.15, 0.2) is 0 Å². The fourth-order valence-corrected chi connectivity index (χ4v) is 3.26. The third-order valence-electron chi connectivity index (χ3n) is 4.18. The predicted molar refractivity (Wildman–Crippen MR) is 114 cm³/mol. The molecule has 136 valence electrons. The molecular weight excluding hydrogens is 381 g/mol. The Kier molecular flexibility index (Phi) is 4.99. The second kappa shape index (κ2) is 7.56. The molecule has 0 aliphatic carbocycles. The molecule has 27 heavy (non-hydrogen) atoms. The maximum Gasteiger partial charge on any atom is 0.112 e. The van der Waals surface area contributed by atoms with E-state index in [4.69, 9.17) is 33.9 Å². The quantitative estimate of drug-likeness (QED) is 0.403. The average molecular weight is 398 g/mol. The Hall–Kier alpha value is -2.60. The third kappa shape index (κ3) is 3.62. The number of hydrogen-bond donors (Lipinski definition) is 3. The number of rotatable bonds is 5. The smallest absolute Gasteiger partial charge is 0.112 e. The van der Waals surface area contributed by atoms with Crippen LogP contribution < -0.4 is 16.4 Å². The van der Waals surface area contributed by atoms with Gasteiger partial charge in [0.05, 0.1) is 26.8 Å². The van der Waals surface area contributed by atoms with Gasteiger partial charge in [-0.1, -0.05) is 23.2 Å². The van der Waals surface area contributed by atoms with Crippen molar-refractivity contribution in [1.82, 2.24) is 9.97 Å². The Bertz CT molecular complexity index is 1130. The summed E-state index contributed by atoms with van der Waals surface area (Å²) in [5.41, 5.74) is 10.9. The fourth-order valence-electron chi connectivity index (χ4n) is 2.97. The summed E-state index contributed by atoms with van der Waals surface area (Å²) in [6.07, 6.45) is 1.77. The number of hydrogen-bond acceptors (Lipinski definition) is 5. The zero-order chi connectivity index (χ0) is 18.8. The SMILES string of the molecule is NCCNc1c2cc(Nc3ccc(Cl)c(Cl)c3)ccc2nc2cccnc12. The van der Waals surface area contributed by atoms with Crippen LogP contribution in [0.1, 0.15) is 0 Å². The summed E-state index contributed by atoms with van der Waals surface area (Å²) in [5.74, 6) is 0. The molecule has 0 bridgehead atoms. The van der Waals surface area contributed by atoms with E-state index < -0.39 is 0 Å². The Morgan fingerprint density at radius 1 is 0.926 bits per heavy atom. The van der Waals surface area contributed by atoms with Crippen molar-refractivity contribution in [3.63, 3.8) is 0 Å². The van der Waals surface area contributed by atoms with Gasteiger partial charge in [0.2, 0.25) is 0 Å². The highest BCUT2D eigenvalue weighted by Crippen LogP contribution is 2.33. The molecule has 7 heteroatoms. The fraction of sp³-hybridized carbons (Fsp3) is 0.100. The Morgan fingerprint density at radius 2 is 1.74 bits per heavy atom. The molecule has 0 saturated heterocycles. The molecule has 5 nitrogen and oxygen atoms in total. The summed E-state index contributed by atoms with van der Waals surface area (Å²) in [5, 5.41) is 8.75. The molecule has 0 aliphatic rings. The van der Waals surface area contributed by atoms with Gasteiger partial charge in [0, 0.05) is 36.0 Å². The highest BCUT2D eigenvalue weighted by Gasteiger charge is 2.11. The van der Waals surface area contributed by atoms with Crippen LogP contribution in [0, 0.1) is 0 Å². The minimum atomic E-state index is 0.504. The first kappa shape index (κ1) is 17.8.